The molecule has 2 amide bonds. The van der Waals surface area contributed by atoms with Gasteiger partial charge >= 0.3 is 12.0 Å². The molecule has 0 saturated carbocycles. The van der Waals surface area contributed by atoms with Gasteiger partial charge in [0, 0.05) is 18.0 Å². The van der Waals surface area contributed by atoms with Crippen LogP contribution in [0.2, 0.25) is 0 Å². The molecule has 1 aliphatic heterocycles. The van der Waals surface area contributed by atoms with Crippen LogP contribution in [-0.4, -0.2) is 28.6 Å². The summed E-state index contributed by atoms with van der Waals surface area (Å²) in [5, 5.41) is 14.1. The Morgan fingerprint density at radius 2 is 2.09 bits per heavy atom. The number of hydrogen-bond acceptors (Lipinski definition) is 3. The molecule has 0 spiro atoms. The molecular formula is C17H18N2O3S. The van der Waals surface area contributed by atoms with Crippen LogP contribution in [0, 0.1) is 0 Å². The van der Waals surface area contributed by atoms with Crippen molar-refractivity contribution in [1.82, 2.24) is 10.2 Å². The van der Waals surface area contributed by atoms with E-state index in [1.54, 1.807) is 35.6 Å². The molecule has 2 N–H and O–H groups in total. The lowest BCUT2D eigenvalue weighted by atomic mass is 10.1. The predicted octanol–water partition coefficient (Wildman–Crippen LogP) is 3.49. The second-order valence-corrected chi connectivity index (χ2v) is 6.47. The van der Waals surface area contributed by atoms with Gasteiger partial charge in [-0.05, 0) is 35.9 Å². The molecule has 1 saturated heterocycles. The first-order chi connectivity index (χ1) is 11.2. The van der Waals surface area contributed by atoms with Crippen molar-refractivity contribution in [2.45, 2.75) is 25.4 Å². The zero-order valence-corrected chi connectivity index (χ0v) is 13.4. The number of aromatic carboxylic acids is 1. The Kier molecular flexibility index (Phi) is 4.62. The van der Waals surface area contributed by atoms with E-state index >= 15 is 0 Å². The summed E-state index contributed by atoms with van der Waals surface area (Å²) >= 11 is 1.66. The standard InChI is InChI=1S/C17H18N2O3S/c20-16(21)13-6-2-1-5-12(13)11-18-17(22)19-9-3-7-14(19)15-8-4-10-23-15/h1-2,4-6,8,10,14H,3,7,9,11H2,(H,18,22)(H,20,21). The molecule has 5 nitrogen and oxygen atoms in total. The molecule has 120 valence electrons. The minimum atomic E-state index is -0.979. The maximum atomic E-state index is 12.5. The molecule has 1 aromatic carbocycles. The molecule has 1 aliphatic rings. The van der Waals surface area contributed by atoms with Crippen LogP contribution in [0.15, 0.2) is 41.8 Å². The van der Waals surface area contributed by atoms with Gasteiger partial charge in [0.1, 0.15) is 0 Å². The number of amides is 2. The van der Waals surface area contributed by atoms with Crippen molar-refractivity contribution in [2.24, 2.45) is 0 Å². The van der Waals surface area contributed by atoms with Gasteiger partial charge in [-0.15, -0.1) is 11.3 Å². The van der Waals surface area contributed by atoms with Crippen molar-refractivity contribution in [2.75, 3.05) is 6.54 Å². The summed E-state index contributed by atoms with van der Waals surface area (Å²) in [6.07, 6.45) is 1.96. The van der Waals surface area contributed by atoms with Gasteiger partial charge in [0.2, 0.25) is 0 Å². The summed E-state index contributed by atoms with van der Waals surface area (Å²) in [5.41, 5.74) is 0.837. The van der Waals surface area contributed by atoms with Crippen LogP contribution in [-0.2, 0) is 6.54 Å². The third-order valence-corrected chi connectivity index (χ3v) is 5.04. The number of nitrogens with zero attached hydrogens (tertiary/aromatic N) is 1. The Morgan fingerprint density at radius 1 is 1.26 bits per heavy atom. The maximum Gasteiger partial charge on any atom is 0.336 e. The van der Waals surface area contributed by atoms with Crippen LogP contribution in [0.5, 0.6) is 0 Å². The van der Waals surface area contributed by atoms with Gasteiger partial charge in [0.05, 0.1) is 11.6 Å². The number of carbonyl (C=O) groups is 2. The number of benzene rings is 1. The fourth-order valence-electron chi connectivity index (χ4n) is 2.94. The zero-order valence-electron chi connectivity index (χ0n) is 12.6. The summed E-state index contributed by atoms with van der Waals surface area (Å²) in [6.45, 7) is 0.948. The van der Waals surface area contributed by atoms with Crippen LogP contribution >= 0.6 is 11.3 Å². The van der Waals surface area contributed by atoms with E-state index in [0.29, 0.717) is 5.56 Å². The number of nitrogens with one attached hydrogen (secondary N) is 1. The third kappa shape index (κ3) is 3.37. The summed E-state index contributed by atoms with van der Waals surface area (Å²) in [7, 11) is 0. The number of thiophene rings is 1. The van der Waals surface area contributed by atoms with Crippen molar-refractivity contribution in [3.05, 3.63) is 57.8 Å². The SMILES string of the molecule is O=C(O)c1ccccc1CNC(=O)N1CCCC1c1cccs1. The minimum absolute atomic E-state index is 0.129. The van der Waals surface area contributed by atoms with Crippen molar-refractivity contribution in [3.63, 3.8) is 0 Å². The normalized spacial score (nSPS) is 17.2. The number of rotatable bonds is 4. The van der Waals surface area contributed by atoms with E-state index in [1.807, 2.05) is 16.3 Å². The molecular weight excluding hydrogens is 312 g/mol. The molecule has 6 heteroatoms. The highest BCUT2D eigenvalue weighted by molar-refractivity contribution is 7.10. The van der Waals surface area contributed by atoms with E-state index in [-0.39, 0.29) is 24.2 Å². The molecule has 2 heterocycles. The molecule has 0 bridgehead atoms. The van der Waals surface area contributed by atoms with Crippen LogP contribution in [0.4, 0.5) is 4.79 Å². The highest BCUT2D eigenvalue weighted by atomic mass is 32.1. The van der Waals surface area contributed by atoms with Crippen LogP contribution < -0.4 is 5.32 Å². The van der Waals surface area contributed by atoms with E-state index < -0.39 is 5.97 Å². The lowest BCUT2D eigenvalue weighted by molar-refractivity contribution is 0.0695. The molecule has 2 aromatic rings. The van der Waals surface area contributed by atoms with E-state index in [4.69, 9.17) is 0 Å². The average molecular weight is 330 g/mol. The average Bonchev–Trinajstić information content (AvgIpc) is 3.23. The third-order valence-electron chi connectivity index (χ3n) is 4.06. The number of hydrogen-bond donors (Lipinski definition) is 2. The first-order valence-corrected chi connectivity index (χ1v) is 8.44. The summed E-state index contributed by atoms with van der Waals surface area (Å²) in [5.74, 6) is -0.979. The lowest BCUT2D eigenvalue weighted by Gasteiger charge is -2.24. The Balaban J connectivity index is 1.67. The number of urea groups is 1. The van der Waals surface area contributed by atoms with E-state index in [9.17, 15) is 14.7 Å². The highest BCUT2D eigenvalue weighted by Crippen LogP contribution is 2.34. The first-order valence-electron chi connectivity index (χ1n) is 7.56. The summed E-state index contributed by atoms with van der Waals surface area (Å²) in [6, 6.07) is 10.8. The maximum absolute atomic E-state index is 12.5. The molecule has 0 aliphatic carbocycles. The second-order valence-electron chi connectivity index (χ2n) is 5.49. The molecule has 23 heavy (non-hydrogen) atoms. The predicted molar refractivity (Wildman–Crippen MR) is 88.6 cm³/mol. The molecule has 1 aromatic heterocycles. The number of carbonyl (C=O) groups excluding carboxylic acids is 1. The molecule has 0 radical (unpaired) electrons. The minimum Gasteiger partial charge on any atom is -0.478 e. The second kappa shape index (κ2) is 6.83. The number of carboxylic acids is 1. The van der Waals surface area contributed by atoms with E-state index in [2.05, 4.69) is 11.4 Å². The topological polar surface area (TPSA) is 69.6 Å². The molecule has 1 atom stereocenters. The largest absolute Gasteiger partial charge is 0.478 e. The Morgan fingerprint density at radius 3 is 2.83 bits per heavy atom. The van der Waals surface area contributed by atoms with Crippen LogP contribution in [0.25, 0.3) is 0 Å². The fourth-order valence-corrected chi connectivity index (χ4v) is 3.82. The van der Waals surface area contributed by atoms with Gasteiger partial charge in [0.25, 0.3) is 0 Å². The van der Waals surface area contributed by atoms with Crippen LogP contribution in [0.3, 0.4) is 0 Å². The molecule has 1 fully saturated rings. The lowest BCUT2D eigenvalue weighted by Crippen LogP contribution is -2.39. The number of carboxylic acid groups (broad SMARTS) is 1. The van der Waals surface area contributed by atoms with E-state index in [0.717, 1.165) is 19.4 Å². The van der Waals surface area contributed by atoms with Crippen LogP contribution in [0.1, 0.15) is 39.7 Å². The van der Waals surface area contributed by atoms with Gasteiger partial charge in [-0.3, -0.25) is 0 Å². The van der Waals surface area contributed by atoms with Gasteiger partial charge in [-0.2, -0.15) is 0 Å². The molecule has 1 unspecified atom stereocenters. The molecule has 3 rings (SSSR count). The van der Waals surface area contributed by atoms with Crippen molar-refractivity contribution in [1.29, 1.82) is 0 Å². The van der Waals surface area contributed by atoms with Gasteiger partial charge in [-0.25, -0.2) is 9.59 Å². The Hall–Kier alpha value is -2.34. The first kappa shape index (κ1) is 15.6. The zero-order chi connectivity index (χ0) is 16.2. The van der Waals surface area contributed by atoms with Crippen molar-refractivity contribution >= 4 is 23.3 Å². The van der Waals surface area contributed by atoms with Gasteiger partial charge in [0.15, 0.2) is 0 Å². The smallest absolute Gasteiger partial charge is 0.336 e. The van der Waals surface area contributed by atoms with Crippen molar-refractivity contribution in [3.8, 4) is 0 Å². The van der Waals surface area contributed by atoms with Gasteiger partial charge in [-0.1, -0.05) is 24.3 Å². The monoisotopic (exact) mass is 330 g/mol. The van der Waals surface area contributed by atoms with Crippen molar-refractivity contribution < 1.29 is 14.7 Å². The Bertz CT molecular complexity index is 700. The Labute approximate surface area is 138 Å². The van der Waals surface area contributed by atoms with E-state index in [1.165, 1.54) is 4.88 Å². The summed E-state index contributed by atoms with van der Waals surface area (Å²) < 4.78 is 0. The quantitative estimate of drug-likeness (QED) is 0.901. The van der Waals surface area contributed by atoms with Gasteiger partial charge < -0.3 is 15.3 Å². The summed E-state index contributed by atoms with van der Waals surface area (Å²) in [4.78, 5) is 26.7. The highest BCUT2D eigenvalue weighted by Gasteiger charge is 2.30. The fraction of sp³-hybridized carbons (Fsp3) is 0.294. The number of likely N-dealkylation sites (tertiary alicyclic amines) is 1.